The summed E-state index contributed by atoms with van der Waals surface area (Å²) in [5.74, 6) is -0.601. The van der Waals surface area contributed by atoms with Crippen LogP contribution in [-0.4, -0.2) is 30.5 Å². The van der Waals surface area contributed by atoms with Gasteiger partial charge in [-0.25, -0.2) is 4.79 Å². The second-order valence-electron chi connectivity index (χ2n) is 7.64. The van der Waals surface area contributed by atoms with Gasteiger partial charge in [-0.3, -0.25) is 9.78 Å². The van der Waals surface area contributed by atoms with Gasteiger partial charge in [0.25, 0.3) is 5.91 Å². The molecule has 4 aromatic rings. The highest BCUT2D eigenvalue weighted by molar-refractivity contribution is 6.08. The largest absolute Gasteiger partial charge is 0.465 e. The van der Waals surface area contributed by atoms with Crippen LogP contribution in [0.5, 0.6) is 0 Å². The van der Waals surface area contributed by atoms with Crippen LogP contribution in [0.2, 0.25) is 0 Å². The van der Waals surface area contributed by atoms with Crippen LogP contribution in [-0.2, 0) is 11.2 Å². The Morgan fingerprint density at radius 3 is 2.24 bits per heavy atom. The van der Waals surface area contributed by atoms with Crippen LogP contribution in [0, 0.1) is 0 Å². The van der Waals surface area contributed by atoms with Crippen LogP contribution >= 0.6 is 0 Å². The minimum Gasteiger partial charge on any atom is -0.465 e. The molecule has 1 amide bonds. The van der Waals surface area contributed by atoms with E-state index in [1.165, 1.54) is 7.11 Å². The maximum absolute atomic E-state index is 13.0. The Labute approximate surface area is 198 Å². The van der Waals surface area contributed by atoms with E-state index in [9.17, 15) is 9.59 Å². The molecule has 1 aromatic heterocycles. The Morgan fingerprint density at radius 2 is 1.53 bits per heavy atom. The molecule has 0 fully saturated rings. The third-order valence-electron chi connectivity index (χ3n) is 5.37. The van der Waals surface area contributed by atoms with Crippen molar-refractivity contribution in [3.05, 3.63) is 114 Å². The number of pyridine rings is 1. The van der Waals surface area contributed by atoms with Crippen molar-refractivity contribution in [1.82, 2.24) is 4.98 Å². The first-order valence-corrected chi connectivity index (χ1v) is 11.0. The average Bonchev–Trinajstić information content (AvgIpc) is 2.90. The summed E-state index contributed by atoms with van der Waals surface area (Å²) in [6.45, 7) is 0.769. The molecular weight excluding hydrogens is 426 g/mol. The fourth-order valence-corrected chi connectivity index (χ4v) is 3.59. The molecule has 6 heteroatoms. The van der Waals surface area contributed by atoms with Gasteiger partial charge < -0.3 is 15.4 Å². The standard InChI is InChI=1S/C28H25N3O3/c1-34-28(33)21-11-9-20(10-12-21)25-7-2-3-8-26(25)27(32)31-24-15-13-23(14-16-24)30-19-17-22-6-4-5-18-29-22/h2-16,18,30H,17,19H2,1H3,(H,31,32). The molecule has 0 aliphatic carbocycles. The van der Waals surface area contributed by atoms with Gasteiger partial charge in [0.05, 0.1) is 12.7 Å². The highest BCUT2D eigenvalue weighted by Crippen LogP contribution is 2.25. The van der Waals surface area contributed by atoms with Crippen LogP contribution in [0.1, 0.15) is 26.4 Å². The molecule has 170 valence electrons. The first-order chi connectivity index (χ1) is 16.6. The number of hydrogen-bond acceptors (Lipinski definition) is 5. The van der Waals surface area contributed by atoms with Gasteiger partial charge in [-0.15, -0.1) is 0 Å². The summed E-state index contributed by atoms with van der Waals surface area (Å²) >= 11 is 0. The molecule has 0 saturated carbocycles. The molecule has 0 spiro atoms. The lowest BCUT2D eigenvalue weighted by Crippen LogP contribution is -2.13. The van der Waals surface area contributed by atoms with Gasteiger partial charge >= 0.3 is 5.97 Å². The molecular formula is C28H25N3O3. The zero-order valence-corrected chi connectivity index (χ0v) is 18.8. The molecule has 34 heavy (non-hydrogen) atoms. The lowest BCUT2D eigenvalue weighted by atomic mass is 9.98. The van der Waals surface area contributed by atoms with Crippen molar-refractivity contribution in [2.24, 2.45) is 0 Å². The Balaban J connectivity index is 1.40. The van der Waals surface area contributed by atoms with Gasteiger partial charge in [0.15, 0.2) is 0 Å². The SMILES string of the molecule is COC(=O)c1ccc(-c2ccccc2C(=O)Nc2ccc(NCCc3ccccn3)cc2)cc1. The third kappa shape index (κ3) is 5.66. The number of hydrogen-bond donors (Lipinski definition) is 2. The number of rotatable bonds is 8. The van der Waals surface area contributed by atoms with E-state index in [0.717, 1.165) is 35.5 Å². The molecule has 0 bridgehead atoms. The maximum Gasteiger partial charge on any atom is 0.337 e. The predicted octanol–water partition coefficient (Wildman–Crippen LogP) is 5.44. The summed E-state index contributed by atoms with van der Waals surface area (Å²) < 4.78 is 4.75. The zero-order valence-electron chi connectivity index (χ0n) is 18.8. The van der Waals surface area contributed by atoms with Crippen molar-refractivity contribution in [2.75, 3.05) is 24.3 Å². The van der Waals surface area contributed by atoms with Crippen LogP contribution in [0.25, 0.3) is 11.1 Å². The first-order valence-electron chi connectivity index (χ1n) is 11.0. The Morgan fingerprint density at radius 1 is 0.824 bits per heavy atom. The van der Waals surface area contributed by atoms with Gasteiger partial charge in [-0.1, -0.05) is 36.4 Å². The second-order valence-corrected chi connectivity index (χ2v) is 7.64. The number of carbonyl (C=O) groups is 2. The molecule has 0 unspecified atom stereocenters. The number of nitrogens with zero attached hydrogens (tertiary/aromatic N) is 1. The van der Waals surface area contributed by atoms with Crippen molar-refractivity contribution in [3.63, 3.8) is 0 Å². The van der Waals surface area contributed by atoms with Crippen LogP contribution in [0.4, 0.5) is 11.4 Å². The predicted molar refractivity (Wildman–Crippen MR) is 134 cm³/mol. The molecule has 2 N–H and O–H groups in total. The highest BCUT2D eigenvalue weighted by atomic mass is 16.5. The topological polar surface area (TPSA) is 80.3 Å². The highest BCUT2D eigenvalue weighted by Gasteiger charge is 2.14. The Kier molecular flexibility index (Phi) is 7.30. The molecule has 0 aliphatic rings. The fourth-order valence-electron chi connectivity index (χ4n) is 3.59. The van der Waals surface area contributed by atoms with E-state index in [4.69, 9.17) is 4.74 Å². The van der Waals surface area contributed by atoms with Crippen molar-refractivity contribution in [1.29, 1.82) is 0 Å². The van der Waals surface area contributed by atoms with E-state index in [0.29, 0.717) is 16.8 Å². The van der Waals surface area contributed by atoms with Gasteiger partial charge in [0.2, 0.25) is 0 Å². The van der Waals surface area contributed by atoms with E-state index in [-0.39, 0.29) is 5.91 Å². The summed E-state index contributed by atoms with van der Waals surface area (Å²) in [7, 11) is 1.35. The number of ether oxygens (including phenoxy) is 1. The Bertz CT molecular complexity index is 1250. The van der Waals surface area contributed by atoms with Crippen LogP contribution in [0.15, 0.2) is 97.2 Å². The number of benzene rings is 3. The molecule has 1 heterocycles. The summed E-state index contributed by atoms with van der Waals surface area (Å²) in [6, 6.07) is 27.9. The van der Waals surface area contributed by atoms with Crippen molar-refractivity contribution >= 4 is 23.3 Å². The minimum absolute atomic E-state index is 0.205. The molecule has 0 atom stereocenters. The smallest absolute Gasteiger partial charge is 0.337 e. The van der Waals surface area contributed by atoms with Crippen molar-refractivity contribution in [3.8, 4) is 11.1 Å². The summed E-state index contributed by atoms with van der Waals surface area (Å²) in [6.07, 6.45) is 2.62. The lowest BCUT2D eigenvalue weighted by Gasteiger charge is -2.12. The number of carbonyl (C=O) groups excluding carboxylic acids is 2. The quantitative estimate of drug-likeness (QED) is 0.349. The van der Waals surface area contributed by atoms with Gasteiger partial charge in [-0.2, -0.15) is 0 Å². The van der Waals surface area contributed by atoms with Crippen molar-refractivity contribution < 1.29 is 14.3 Å². The van der Waals surface area contributed by atoms with E-state index < -0.39 is 5.97 Å². The normalized spacial score (nSPS) is 10.4. The van der Waals surface area contributed by atoms with E-state index in [1.807, 2.05) is 72.8 Å². The maximum atomic E-state index is 13.0. The Hall–Kier alpha value is -4.45. The van der Waals surface area contributed by atoms with Gasteiger partial charge in [-0.05, 0) is 65.7 Å². The van der Waals surface area contributed by atoms with Crippen LogP contribution in [0.3, 0.4) is 0 Å². The first kappa shape index (κ1) is 22.7. The molecule has 3 aromatic carbocycles. The number of esters is 1. The molecule has 6 nitrogen and oxygen atoms in total. The van der Waals surface area contributed by atoms with E-state index >= 15 is 0 Å². The van der Waals surface area contributed by atoms with E-state index in [1.54, 1.807) is 24.4 Å². The molecule has 0 saturated heterocycles. The lowest BCUT2D eigenvalue weighted by molar-refractivity contribution is 0.0600. The van der Waals surface area contributed by atoms with Crippen molar-refractivity contribution in [2.45, 2.75) is 6.42 Å². The monoisotopic (exact) mass is 451 g/mol. The number of methoxy groups -OCH3 is 1. The summed E-state index contributed by atoms with van der Waals surface area (Å²) in [5, 5.41) is 6.33. The van der Waals surface area contributed by atoms with E-state index in [2.05, 4.69) is 15.6 Å². The number of aromatic nitrogens is 1. The minimum atomic E-state index is -0.396. The van der Waals surface area contributed by atoms with Crippen LogP contribution < -0.4 is 10.6 Å². The number of amides is 1. The third-order valence-corrected chi connectivity index (χ3v) is 5.37. The van der Waals surface area contributed by atoms with Gasteiger partial charge in [0, 0.05) is 41.8 Å². The number of nitrogens with one attached hydrogen (secondary N) is 2. The summed E-state index contributed by atoms with van der Waals surface area (Å²) in [5.41, 5.74) is 5.34. The summed E-state index contributed by atoms with van der Waals surface area (Å²) in [4.78, 5) is 29.1. The fraction of sp³-hybridized carbons (Fsp3) is 0.107. The van der Waals surface area contributed by atoms with Gasteiger partial charge in [0.1, 0.15) is 0 Å². The number of anilines is 2. The second kappa shape index (κ2) is 10.9. The average molecular weight is 452 g/mol. The zero-order chi connectivity index (χ0) is 23.8. The molecule has 0 aliphatic heterocycles. The molecule has 4 rings (SSSR count). The molecule has 0 radical (unpaired) electrons.